The van der Waals surface area contributed by atoms with Crippen molar-refractivity contribution in [2.75, 3.05) is 19.8 Å². The third-order valence-corrected chi connectivity index (χ3v) is 3.00. The van der Waals surface area contributed by atoms with Gasteiger partial charge in [-0.25, -0.2) is 0 Å². The lowest BCUT2D eigenvalue weighted by Gasteiger charge is -2.24. The summed E-state index contributed by atoms with van der Waals surface area (Å²) >= 11 is 5.06. The Balaban J connectivity index is 1.99. The fraction of sp³-hybridized carbons (Fsp3) is 0.909. The first-order chi connectivity index (χ1) is 8.47. The number of halogens is 3. The molecule has 1 aliphatic rings. The van der Waals surface area contributed by atoms with Crippen molar-refractivity contribution in [1.29, 1.82) is 0 Å². The van der Waals surface area contributed by atoms with Crippen LogP contribution in [0.15, 0.2) is 0 Å². The van der Waals surface area contributed by atoms with E-state index in [4.69, 9.17) is 12.2 Å². The van der Waals surface area contributed by atoms with Crippen LogP contribution in [0, 0.1) is 0 Å². The molecule has 7 heteroatoms. The summed E-state index contributed by atoms with van der Waals surface area (Å²) in [5.41, 5.74) is 0. The Morgan fingerprint density at radius 1 is 1.22 bits per heavy atom. The van der Waals surface area contributed by atoms with Gasteiger partial charge in [0.25, 0.3) is 0 Å². The highest BCUT2D eigenvalue weighted by atomic mass is 32.1. The van der Waals surface area contributed by atoms with Gasteiger partial charge in [-0.05, 0) is 25.1 Å². The van der Waals surface area contributed by atoms with E-state index in [9.17, 15) is 13.2 Å². The third kappa shape index (κ3) is 7.71. The zero-order chi connectivity index (χ0) is 13.4. The van der Waals surface area contributed by atoms with Gasteiger partial charge in [-0.3, -0.25) is 0 Å². The molecule has 1 rings (SSSR count). The summed E-state index contributed by atoms with van der Waals surface area (Å²) in [7, 11) is 0. The molecule has 0 bridgehead atoms. The van der Waals surface area contributed by atoms with Crippen LogP contribution in [-0.4, -0.2) is 37.1 Å². The van der Waals surface area contributed by atoms with Crippen LogP contribution in [0.3, 0.4) is 0 Å². The summed E-state index contributed by atoms with van der Waals surface area (Å²) < 4.78 is 39.8. The first kappa shape index (κ1) is 15.5. The Labute approximate surface area is 110 Å². The van der Waals surface area contributed by atoms with Gasteiger partial charge in [-0.2, -0.15) is 13.2 Å². The monoisotopic (exact) mass is 284 g/mol. The quantitative estimate of drug-likeness (QED) is 0.600. The Kier molecular flexibility index (Phi) is 6.70. The lowest BCUT2D eigenvalue weighted by atomic mass is 9.96. The second-order valence-corrected chi connectivity index (χ2v) is 4.81. The predicted molar refractivity (Wildman–Crippen MR) is 67.5 cm³/mol. The van der Waals surface area contributed by atoms with Gasteiger partial charge in [0.1, 0.15) is 6.61 Å². The zero-order valence-electron chi connectivity index (χ0n) is 10.2. The predicted octanol–water partition coefficient (Wildman–Crippen LogP) is 2.36. The summed E-state index contributed by atoms with van der Waals surface area (Å²) in [5.74, 6) is 0. The van der Waals surface area contributed by atoms with Gasteiger partial charge in [0.2, 0.25) is 0 Å². The maximum atomic E-state index is 11.8. The minimum atomic E-state index is -4.26. The molecule has 0 aromatic rings. The molecule has 1 aliphatic carbocycles. The molecule has 0 atom stereocenters. The number of hydrogen-bond acceptors (Lipinski definition) is 2. The molecule has 0 saturated heterocycles. The summed E-state index contributed by atoms with van der Waals surface area (Å²) in [6, 6.07) is 0.398. The topological polar surface area (TPSA) is 33.3 Å². The number of nitrogens with one attached hydrogen (secondary N) is 2. The number of rotatable bonds is 5. The van der Waals surface area contributed by atoms with E-state index in [1.807, 2.05) is 0 Å². The van der Waals surface area contributed by atoms with Crippen LogP contribution >= 0.6 is 12.2 Å². The average Bonchev–Trinajstić information content (AvgIpc) is 2.28. The van der Waals surface area contributed by atoms with Gasteiger partial charge in [0, 0.05) is 12.6 Å². The number of thiocarbonyl (C=S) groups is 1. The van der Waals surface area contributed by atoms with Gasteiger partial charge in [0.15, 0.2) is 5.11 Å². The van der Waals surface area contributed by atoms with Gasteiger partial charge in [0.05, 0.1) is 6.61 Å². The van der Waals surface area contributed by atoms with E-state index in [0.29, 0.717) is 11.2 Å². The molecule has 106 valence electrons. The number of ether oxygens (including phenoxy) is 1. The fourth-order valence-electron chi connectivity index (χ4n) is 1.91. The van der Waals surface area contributed by atoms with Crippen molar-refractivity contribution in [2.24, 2.45) is 0 Å². The maximum absolute atomic E-state index is 11.8. The molecule has 1 saturated carbocycles. The van der Waals surface area contributed by atoms with Crippen molar-refractivity contribution in [3.8, 4) is 0 Å². The number of hydrogen-bond donors (Lipinski definition) is 2. The molecule has 0 unspecified atom stereocenters. The molecule has 2 N–H and O–H groups in total. The van der Waals surface area contributed by atoms with Crippen molar-refractivity contribution < 1.29 is 17.9 Å². The molecule has 0 heterocycles. The Morgan fingerprint density at radius 3 is 2.50 bits per heavy atom. The summed E-state index contributed by atoms with van der Waals surface area (Å²) in [5, 5.41) is 6.51. The second-order valence-electron chi connectivity index (χ2n) is 4.40. The fourth-order valence-corrected chi connectivity index (χ4v) is 2.18. The van der Waals surface area contributed by atoms with Gasteiger partial charge >= 0.3 is 6.18 Å². The summed E-state index contributed by atoms with van der Waals surface area (Å²) in [6.07, 6.45) is 1.62. The van der Waals surface area contributed by atoms with Crippen LogP contribution < -0.4 is 10.6 Å². The van der Waals surface area contributed by atoms with E-state index in [1.54, 1.807) is 0 Å². The minimum Gasteiger partial charge on any atom is -0.370 e. The normalized spacial score (nSPS) is 17.5. The Morgan fingerprint density at radius 2 is 1.89 bits per heavy atom. The van der Waals surface area contributed by atoms with E-state index >= 15 is 0 Å². The molecule has 0 spiro atoms. The Bertz CT molecular complexity index is 255. The molecule has 3 nitrogen and oxygen atoms in total. The zero-order valence-corrected chi connectivity index (χ0v) is 11.0. The first-order valence-electron chi connectivity index (χ1n) is 6.16. The van der Waals surface area contributed by atoms with Gasteiger partial charge in [-0.1, -0.05) is 19.3 Å². The van der Waals surface area contributed by atoms with Crippen molar-refractivity contribution in [1.82, 2.24) is 10.6 Å². The average molecular weight is 284 g/mol. The molecular weight excluding hydrogens is 265 g/mol. The van der Waals surface area contributed by atoms with Crippen LogP contribution in [0.25, 0.3) is 0 Å². The molecule has 0 aromatic heterocycles. The highest BCUT2D eigenvalue weighted by Crippen LogP contribution is 2.17. The first-order valence-corrected chi connectivity index (χ1v) is 6.57. The lowest BCUT2D eigenvalue weighted by molar-refractivity contribution is -0.173. The molecule has 0 amide bonds. The van der Waals surface area contributed by atoms with E-state index in [-0.39, 0.29) is 13.2 Å². The minimum absolute atomic E-state index is 0.00794. The van der Waals surface area contributed by atoms with Crippen LogP contribution in [0.1, 0.15) is 32.1 Å². The van der Waals surface area contributed by atoms with Crippen LogP contribution in [0.5, 0.6) is 0 Å². The third-order valence-electron chi connectivity index (χ3n) is 2.74. The van der Waals surface area contributed by atoms with Gasteiger partial charge < -0.3 is 15.4 Å². The van der Waals surface area contributed by atoms with Crippen LogP contribution in [-0.2, 0) is 4.74 Å². The van der Waals surface area contributed by atoms with Crippen LogP contribution in [0.4, 0.5) is 13.2 Å². The molecule has 0 aliphatic heterocycles. The van der Waals surface area contributed by atoms with Gasteiger partial charge in [-0.15, -0.1) is 0 Å². The molecular formula is C11H19F3N2OS. The van der Waals surface area contributed by atoms with E-state index in [0.717, 1.165) is 12.8 Å². The SMILES string of the molecule is FC(F)(F)COCCNC(=S)NC1CCCCC1. The standard InChI is InChI=1S/C11H19F3N2OS/c12-11(13,14)8-17-7-6-15-10(18)16-9-4-2-1-3-5-9/h9H,1-8H2,(H2,15,16,18). The van der Waals surface area contributed by atoms with Crippen molar-refractivity contribution >= 4 is 17.3 Å². The highest BCUT2D eigenvalue weighted by molar-refractivity contribution is 7.80. The van der Waals surface area contributed by atoms with E-state index in [1.165, 1.54) is 19.3 Å². The summed E-state index contributed by atoms with van der Waals surface area (Å²) in [4.78, 5) is 0. The highest BCUT2D eigenvalue weighted by Gasteiger charge is 2.27. The molecule has 0 radical (unpaired) electrons. The van der Waals surface area contributed by atoms with Crippen molar-refractivity contribution in [3.63, 3.8) is 0 Å². The van der Waals surface area contributed by atoms with Crippen LogP contribution in [0.2, 0.25) is 0 Å². The smallest absolute Gasteiger partial charge is 0.370 e. The van der Waals surface area contributed by atoms with E-state index in [2.05, 4.69) is 15.4 Å². The van der Waals surface area contributed by atoms with Crippen molar-refractivity contribution in [3.05, 3.63) is 0 Å². The molecule has 18 heavy (non-hydrogen) atoms. The maximum Gasteiger partial charge on any atom is 0.411 e. The summed E-state index contributed by atoms with van der Waals surface area (Å²) in [6.45, 7) is -0.932. The molecule has 1 fully saturated rings. The largest absolute Gasteiger partial charge is 0.411 e. The number of alkyl halides is 3. The molecule has 0 aromatic carbocycles. The Hall–Kier alpha value is -0.560. The second kappa shape index (κ2) is 7.78. The van der Waals surface area contributed by atoms with Crippen molar-refractivity contribution in [2.45, 2.75) is 44.3 Å². The lowest BCUT2D eigenvalue weighted by Crippen LogP contribution is -2.43. The van der Waals surface area contributed by atoms with E-state index < -0.39 is 12.8 Å².